The van der Waals surface area contributed by atoms with Gasteiger partial charge in [0, 0.05) is 11.4 Å². The average Bonchev–Trinajstić information content (AvgIpc) is 2.37. The van der Waals surface area contributed by atoms with Gasteiger partial charge in [0.15, 0.2) is 0 Å². The number of halogens is 3. The molecular weight excluding hydrogens is 301 g/mol. The van der Waals surface area contributed by atoms with Gasteiger partial charge in [-0.2, -0.15) is 13.2 Å². The summed E-state index contributed by atoms with van der Waals surface area (Å²) < 4.78 is 37.4. The molecule has 1 aromatic heterocycles. The minimum atomic E-state index is -4.36. The Morgan fingerprint density at radius 3 is 2.33 bits per heavy atom. The Morgan fingerprint density at radius 1 is 1.19 bits per heavy atom. The smallest absolute Gasteiger partial charge is 0.388 e. The van der Waals surface area contributed by atoms with Crippen molar-refractivity contribution in [3.05, 3.63) is 47.3 Å². The highest BCUT2D eigenvalue weighted by molar-refractivity contribution is 7.80. The highest BCUT2D eigenvalue weighted by atomic mass is 32.1. The van der Waals surface area contributed by atoms with E-state index in [1.165, 1.54) is 12.1 Å². The topological polar surface area (TPSA) is 63.8 Å². The SMILES string of the molecule is Cc1cc(C(N)=S)nc(Nc2ccc(C(F)(F)F)cc2)n1. The number of benzene rings is 1. The lowest BCUT2D eigenvalue weighted by molar-refractivity contribution is -0.137. The molecule has 0 amide bonds. The number of thiocarbonyl (C=S) groups is 1. The quantitative estimate of drug-likeness (QED) is 0.852. The first-order valence-corrected chi connectivity index (χ1v) is 6.26. The zero-order valence-electron chi connectivity index (χ0n) is 10.9. The van der Waals surface area contributed by atoms with Crippen LogP contribution in [-0.2, 0) is 6.18 Å². The normalized spacial score (nSPS) is 11.2. The fourth-order valence-electron chi connectivity index (χ4n) is 1.62. The third kappa shape index (κ3) is 3.88. The zero-order chi connectivity index (χ0) is 15.6. The summed E-state index contributed by atoms with van der Waals surface area (Å²) in [7, 11) is 0. The molecule has 0 saturated carbocycles. The molecule has 1 aromatic carbocycles. The first kappa shape index (κ1) is 15.2. The lowest BCUT2D eigenvalue weighted by atomic mass is 10.2. The van der Waals surface area contributed by atoms with E-state index in [1.807, 2.05) is 0 Å². The van der Waals surface area contributed by atoms with E-state index in [2.05, 4.69) is 15.3 Å². The Morgan fingerprint density at radius 2 is 1.81 bits per heavy atom. The Bertz CT molecular complexity index is 668. The molecule has 0 aliphatic rings. The van der Waals surface area contributed by atoms with Gasteiger partial charge in [-0.15, -0.1) is 0 Å². The van der Waals surface area contributed by atoms with Gasteiger partial charge in [0.05, 0.1) is 5.56 Å². The second-order valence-electron chi connectivity index (χ2n) is 4.28. The van der Waals surface area contributed by atoms with E-state index in [0.717, 1.165) is 12.1 Å². The predicted molar refractivity (Wildman–Crippen MR) is 77.4 cm³/mol. The van der Waals surface area contributed by atoms with Gasteiger partial charge in [0.1, 0.15) is 10.7 Å². The molecule has 21 heavy (non-hydrogen) atoms. The molecule has 4 nitrogen and oxygen atoms in total. The molecule has 1 heterocycles. The maximum absolute atomic E-state index is 12.5. The number of hydrogen-bond acceptors (Lipinski definition) is 4. The predicted octanol–water partition coefficient (Wildman–Crippen LogP) is 3.18. The van der Waals surface area contributed by atoms with Crippen LogP contribution in [0.2, 0.25) is 0 Å². The van der Waals surface area contributed by atoms with Crippen molar-refractivity contribution in [3.63, 3.8) is 0 Å². The van der Waals surface area contributed by atoms with Crippen LogP contribution in [0.4, 0.5) is 24.8 Å². The molecule has 0 atom stereocenters. The van der Waals surface area contributed by atoms with Crippen molar-refractivity contribution in [3.8, 4) is 0 Å². The monoisotopic (exact) mass is 312 g/mol. The van der Waals surface area contributed by atoms with E-state index in [0.29, 0.717) is 17.1 Å². The third-order valence-corrected chi connectivity index (χ3v) is 2.78. The lowest BCUT2D eigenvalue weighted by Crippen LogP contribution is -2.13. The van der Waals surface area contributed by atoms with Crippen LogP contribution in [-0.4, -0.2) is 15.0 Å². The second kappa shape index (κ2) is 5.65. The maximum Gasteiger partial charge on any atom is 0.416 e. The van der Waals surface area contributed by atoms with Crippen LogP contribution in [0.1, 0.15) is 17.0 Å². The summed E-state index contributed by atoms with van der Waals surface area (Å²) in [6.07, 6.45) is -4.36. The molecule has 0 spiro atoms. The molecule has 2 aromatic rings. The highest BCUT2D eigenvalue weighted by Gasteiger charge is 2.29. The summed E-state index contributed by atoms with van der Waals surface area (Å²) in [5.41, 5.74) is 6.25. The van der Waals surface area contributed by atoms with Crippen molar-refractivity contribution in [2.45, 2.75) is 13.1 Å². The molecule has 2 rings (SSSR count). The molecule has 8 heteroatoms. The van der Waals surface area contributed by atoms with Crippen LogP contribution in [0.15, 0.2) is 30.3 Å². The van der Waals surface area contributed by atoms with E-state index in [-0.39, 0.29) is 10.9 Å². The van der Waals surface area contributed by atoms with E-state index < -0.39 is 11.7 Å². The van der Waals surface area contributed by atoms with Crippen LogP contribution < -0.4 is 11.1 Å². The number of aryl methyl sites for hydroxylation is 1. The minimum Gasteiger partial charge on any atom is -0.388 e. The van der Waals surface area contributed by atoms with E-state index >= 15 is 0 Å². The number of nitrogens with one attached hydrogen (secondary N) is 1. The maximum atomic E-state index is 12.5. The molecule has 110 valence electrons. The Kier molecular flexibility index (Phi) is 4.08. The molecule has 0 saturated heterocycles. The number of anilines is 2. The number of alkyl halides is 3. The molecule has 0 unspecified atom stereocenters. The standard InChI is InChI=1S/C13H11F3N4S/c1-7-6-10(11(17)21)20-12(18-7)19-9-4-2-8(3-5-9)13(14,15)16/h2-6H,1H3,(H2,17,21)(H,18,19,20). The summed E-state index contributed by atoms with van der Waals surface area (Å²) in [6.45, 7) is 1.74. The fourth-order valence-corrected chi connectivity index (χ4v) is 1.73. The van der Waals surface area contributed by atoms with Gasteiger partial charge in [-0.1, -0.05) is 12.2 Å². The lowest BCUT2D eigenvalue weighted by Gasteiger charge is -2.09. The summed E-state index contributed by atoms with van der Waals surface area (Å²) >= 11 is 4.84. The minimum absolute atomic E-state index is 0.121. The van der Waals surface area contributed by atoms with E-state index in [4.69, 9.17) is 18.0 Å². The molecule has 3 N–H and O–H groups in total. The summed E-state index contributed by atoms with van der Waals surface area (Å²) in [5.74, 6) is 0.220. The van der Waals surface area contributed by atoms with Crippen molar-refractivity contribution in [1.82, 2.24) is 9.97 Å². The second-order valence-corrected chi connectivity index (χ2v) is 4.72. The van der Waals surface area contributed by atoms with E-state index in [1.54, 1.807) is 13.0 Å². The van der Waals surface area contributed by atoms with Crippen LogP contribution in [0, 0.1) is 6.92 Å². The Hall–Kier alpha value is -2.22. The van der Waals surface area contributed by atoms with Gasteiger partial charge in [0.2, 0.25) is 5.95 Å². The molecule has 0 aliphatic heterocycles. The Labute approximate surface area is 124 Å². The molecule has 0 fully saturated rings. The van der Waals surface area contributed by atoms with Crippen molar-refractivity contribution in [2.24, 2.45) is 5.73 Å². The Balaban J connectivity index is 2.24. The highest BCUT2D eigenvalue weighted by Crippen LogP contribution is 2.30. The number of nitrogens with two attached hydrogens (primary N) is 1. The van der Waals surface area contributed by atoms with Crippen LogP contribution in [0.5, 0.6) is 0 Å². The first-order valence-electron chi connectivity index (χ1n) is 5.85. The first-order chi connectivity index (χ1) is 9.75. The number of hydrogen-bond donors (Lipinski definition) is 2. The van der Waals surface area contributed by atoms with Crippen molar-refractivity contribution in [1.29, 1.82) is 0 Å². The summed E-state index contributed by atoms with van der Waals surface area (Å²) in [4.78, 5) is 8.33. The van der Waals surface area contributed by atoms with Crippen molar-refractivity contribution >= 4 is 28.8 Å². The van der Waals surface area contributed by atoms with Crippen molar-refractivity contribution in [2.75, 3.05) is 5.32 Å². The van der Waals surface area contributed by atoms with Gasteiger partial charge < -0.3 is 11.1 Å². The van der Waals surface area contributed by atoms with Crippen LogP contribution in [0.25, 0.3) is 0 Å². The number of rotatable bonds is 3. The number of nitrogens with zero attached hydrogens (tertiary/aromatic N) is 2. The van der Waals surface area contributed by atoms with Crippen LogP contribution >= 0.6 is 12.2 Å². The van der Waals surface area contributed by atoms with Gasteiger partial charge >= 0.3 is 6.18 Å². The molecule has 0 radical (unpaired) electrons. The van der Waals surface area contributed by atoms with Gasteiger partial charge in [0.25, 0.3) is 0 Å². The van der Waals surface area contributed by atoms with Crippen molar-refractivity contribution < 1.29 is 13.2 Å². The van der Waals surface area contributed by atoms with Gasteiger partial charge in [-0.25, -0.2) is 9.97 Å². The molecule has 0 aliphatic carbocycles. The largest absolute Gasteiger partial charge is 0.416 e. The zero-order valence-corrected chi connectivity index (χ0v) is 11.7. The molecule has 0 bridgehead atoms. The van der Waals surface area contributed by atoms with Crippen LogP contribution in [0.3, 0.4) is 0 Å². The number of aromatic nitrogens is 2. The molecular formula is C13H11F3N4S. The van der Waals surface area contributed by atoms with E-state index in [9.17, 15) is 13.2 Å². The summed E-state index contributed by atoms with van der Waals surface area (Å²) in [6, 6.07) is 6.18. The van der Waals surface area contributed by atoms with Gasteiger partial charge in [-0.3, -0.25) is 0 Å². The average molecular weight is 312 g/mol. The fraction of sp³-hybridized carbons (Fsp3) is 0.154. The van der Waals surface area contributed by atoms with Gasteiger partial charge in [-0.05, 0) is 37.3 Å². The summed E-state index contributed by atoms with van der Waals surface area (Å²) in [5, 5.41) is 2.81. The third-order valence-electron chi connectivity index (χ3n) is 2.58.